The number of rotatable bonds is 4. The third-order valence-electron chi connectivity index (χ3n) is 4.86. The van der Waals surface area contributed by atoms with Crippen molar-refractivity contribution in [2.75, 3.05) is 0 Å². The minimum atomic E-state index is -4.56. The van der Waals surface area contributed by atoms with Crippen LogP contribution in [0.3, 0.4) is 0 Å². The first-order valence-corrected chi connectivity index (χ1v) is 9.64. The first-order chi connectivity index (χ1) is 14.8. The number of pyridine rings is 1. The standard InChI is InChI=1S/C22H16ClF3N4O/c1-30-20-16(12-28-30)15(21(31)27-11-13-6-2-5-9-18(13)23)10-19(29-20)14-7-3-4-8-17(14)22(24,25)26/h2-10,12H,11H2,1H3,(H,27,31). The van der Waals surface area contributed by atoms with Crippen molar-refractivity contribution in [3.8, 4) is 11.3 Å². The Bertz CT molecular complexity index is 1280. The molecule has 0 saturated carbocycles. The van der Waals surface area contributed by atoms with E-state index in [1.165, 1.54) is 35.1 Å². The lowest BCUT2D eigenvalue weighted by atomic mass is 10.0. The van der Waals surface area contributed by atoms with Crippen LogP contribution in [0, 0.1) is 0 Å². The molecular formula is C22H16ClF3N4O. The molecule has 0 aliphatic carbocycles. The van der Waals surface area contributed by atoms with Crippen LogP contribution in [0.1, 0.15) is 21.5 Å². The van der Waals surface area contributed by atoms with Gasteiger partial charge in [-0.05, 0) is 23.8 Å². The average Bonchev–Trinajstić information content (AvgIpc) is 3.12. The second-order valence-electron chi connectivity index (χ2n) is 6.88. The van der Waals surface area contributed by atoms with E-state index in [2.05, 4.69) is 15.4 Å². The van der Waals surface area contributed by atoms with Crippen molar-refractivity contribution in [3.05, 3.63) is 82.5 Å². The van der Waals surface area contributed by atoms with Gasteiger partial charge in [-0.1, -0.05) is 48.0 Å². The lowest BCUT2D eigenvalue weighted by Gasteiger charge is -2.14. The molecule has 5 nitrogen and oxygen atoms in total. The maximum absolute atomic E-state index is 13.5. The molecule has 0 unspecified atom stereocenters. The fraction of sp³-hybridized carbons (Fsp3) is 0.136. The second-order valence-corrected chi connectivity index (χ2v) is 7.29. The van der Waals surface area contributed by atoms with E-state index in [1.54, 1.807) is 31.3 Å². The summed E-state index contributed by atoms with van der Waals surface area (Å²) in [6, 6.07) is 13.5. The van der Waals surface area contributed by atoms with E-state index in [9.17, 15) is 18.0 Å². The van der Waals surface area contributed by atoms with Gasteiger partial charge in [-0.2, -0.15) is 18.3 Å². The molecule has 4 aromatic rings. The van der Waals surface area contributed by atoms with E-state index in [-0.39, 0.29) is 23.4 Å². The number of hydrogen-bond donors (Lipinski definition) is 1. The second kappa shape index (κ2) is 8.03. The first-order valence-electron chi connectivity index (χ1n) is 9.26. The molecule has 0 aliphatic heterocycles. The van der Waals surface area contributed by atoms with Crippen molar-refractivity contribution in [1.29, 1.82) is 0 Å². The molecule has 0 fully saturated rings. The lowest BCUT2D eigenvalue weighted by molar-refractivity contribution is -0.137. The third kappa shape index (κ3) is 4.11. The molecule has 0 bridgehead atoms. The number of nitrogens with one attached hydrogen (secondary N) is 1. The molecule has 1 amide bonds. The lowest BCUT2D eigenvalue weighted by Crippen LogP contribution is -2.23. The third-order valence-corrected chi connectivity index (χ3v) is 5.22. The van der Waals surface area contributed by atoms with Crippen LogP contribution in [-0.2, 0) is 19.8 Å². The maximum Gasteiger partial charge on any atom is 0.417 e. The summed E-state index contributed by atoms with van der Waals surface area (Å²) in [6.45, 7) is 0.164. The molecule has 4 rings (SSSR count). The van der Waals surface area contributed by atoms with E-state index in [1.807, 2.05) is 0 Å². The number of fused-ring (bicyclic) bond motifs is 1. The van der Waals surface area contributed by atoms with Crippen LogP contribution in [0.5, 0.6) is 0 Å². The highest BCUT2D eigenvalue weighted by molar-refractivity contribution is 6.31. The Morgan fingerprint density at radius 1 is 1.13 bits per heavy atom. The van der Waals surface area contributed by atoms with Crippen molar-refractivity contribution < 1.29 is 18.0 Å². The van der Waals surface area contributed by atoms with Crippen LogP contribution in [0.15, 0.2) is 60.8 Å². The number of alkyl halides is 3. The van der Waals surface area contributed by atoms with Crippen molar-refractivity contribution in [1.82, 2.24) is 20.1 Å². The van der Waals surface area contributed by atoms with E-state index in [4.69, 9.17) is 11.6 Å². The summed E-state index contributed by atoms with van der Waals surface area (Å²) in [5.74, 6) is -0.467. The van der Waals surface area contributed by atoms with Gasteiger partial charge in [0.2, 0.25) is 0 Å². The molecule has 31 heavy (non-hydrogen) atoms. The van der Waals surface area contributed by atoms with E-state index in [0.717, 1.165) is 11.6 Å². The van der Waals surface area contributed by atoms with Gasteiger partial charge in [0.1, 0.15) is 0 Å². The van der Waals surface area contributed by atoms with Gasteiger partial charge in [0.05, 0.1) is 28.4 Å². The molecule has 2 aromatic carbocycles. The minimum absolute atomic E-state index is 0.0342. The molecule has 0 aliphatic rings. The summed E-state index contributed by atoms with van der Waals surface area (Å²) >= 11 is 6.14. The summed E-state index contributed by atoms with van der Waals surface area (Å²) in [5, 5.41) is 7.82. The quantitative estimate of drug-likeness (QED) is 0.468. The summed E-state index contributed by atoms with van der Waals surface area (Å²) < 4.78 is 42.0. The average molecular weight is 445 g/mol. The van der Waals surface area contributed by atoms with Crippen molar-refractivity contribution >= 4 is 28.5 Å². The number of aromatic nitrogens is 3. The minimum Gasteiger partial charge on any atom is -0.348 e. The van der Waals surface area contributed by atoms with E-state index in [0.29, 0.717) is 16.1 Å². The van der Waals surface area contributed by atoms with Crippen LogP contribution >= 0.6 is 11.6 Å². The Balaban J connectivity index is 1.78. The number of carbonyl (C=O) groups is 1. The highest BCUT2D eigenvalue weighted by Gasteiger charge is 2.34. The predicted octanol–water partition coefficient (Wildman–Crippen LogP) is 5.24. The van der Waals surface area contributed by atoms with Gasteiger partial charge in [0.25, 0.3) is 5.91 Å². The SMILES string of the molecule is Cn1ncc2c(C(=O)NCc3ccccc3Cl)cc(-c3ccccc3C(F)(F)F)nc21. The van der Waals surface area contributed by atoms with Crippen LogP contribution in [0.4, 0.5) is 13.2 Å². The van der Waals surface area contributed by atoms with Crippen LogP contribution in [0.2, 0.25) is 5.02 Å². The fourth-order valence-electron chi connectivity index (χ4n) is 3.31. The van der Waals surface area contributed by atoms with E-state index < -0.39 is 17.6 Å². The van der Waals surface area contributed by atoms with Gasteiger partial charge in [-0.15, -0.1) is 0 Å². The predicted molar refractivity (Wildman–Crippen MR) is 112 cm³/mol. The molecule has 1 N–H and O–H groups in total. The van der Waals surface area contributed by atoms with Gasteiger partial charge < -0.3 is 5.32 Å². The number of carbonyl (C=O) groups excluding carboxylic acids is 1. The van der Waals surface area contributed by atoms with Gasteiger partial charge in [0, 0.05) is 24.2 Å². The number of amides is 1. The van der Waals surface area contributed by atoms with Gasteiger partial charge in [-0.3, -0.25) is 9.48 Å². The van der Waals surface area contributed by atoms with Crippen molar-refractivity contribution in [2.24, 2.45) is 7.05 Å². The van der Waals surface area contributed by atoms with Crippen LogP contribution in [0.25, 0.3) is 22.3 Å². The largest absolute Gasteiger partial charge is 0.417 e. The summed E-state index contributed by atoms with van der Waals surface area (Å²) in [6.07, 6.45) is -3.10. The van der Waals surface area contributed by atoms with E-state index >= 15 is 0 Å². The van der Waals surface area contributed by atoms with Gasteiger partial charge in [-0.25, -0.2) is 4.98 Å². The molecule has 0 radical (unpaired) electrons. The zero-order chi connectivity index (χ0) is 22.2. The Labute approximate surface area is 180 Å². The Morgan fingerprint density at radius 2 is 1.84 bits per heavy atom. The fourth-order valence-corrected chi connectivity index (χ4v) is 3.51. The number of hydrogen-bond acceptors (Lipinski definition) is 3. The Morgan fingerprint density at radius 3 is 2.58 bits per heavy atom. The van der Waals surface area contributed by atoms with Crippen LogP contribution in [-0.4, -0.2) is 20.7 Å². The van der Waals surface area contributed by atoms with Gasteiger partial charge in [0.15, 0.2) is 5.65 Å². The zero-order valence-electron chi connectivity index (χ0n) is 16.2. The highest BCUT2D eigenvalue weighted by atomic mass is 35.5. The number of nitrogens with zero attached hydrogens (tertiary/aromatic N) is 3. The normalized spacial score (nSPS) is 11.6. The molecule has 0 spiro atoms. The molecule has 158 valence electrons. The van der Waals surface area contributed by atoms with Gasteiger partial charge >= 0.3 is 6.18 Å². The molecule has 2 aromatic heterocycles. The topological polar surface area (TPSA) is 59.8 Å². The maximum atomic E-state index is 13.5. The summed E-state index contributed by atoms with van der Waals surface area (Å²) in [4.78, 5) is 17.3. The molecule has 0 saturated heterocycles. The Kier molecular flexibility index (Phi) is 5.41. The summed E-state index contributed by atoms with van der Waals surface area (Å²) in [5.41, 5.74) is 0.294. The van der Waals surface area contributed by atoms with Crippen molar-refractivity contribution in [2.45, 2.75) is 12.7 Å². The molecule has 2 heterocycles. The zero-order valence-corrected chi connectivity index (χ0v) is 17.0. The van der Waals surface area contributed by atoms with Crippen molar-refractivity contribution in [3.63, 3.8) is 0 Å². The molecule has 9 heteroatoms. The first kappa shape index (κ1) is 20.9. The molecule has 0 atom stereocenters. The monoisotopic (exact) mass is 444 g/mol. The number of halogens is 4. The number of benzene rings is 2. The smallest absolute Gasteiger partial charge is 0.348 e. The van der Waals surface area contributed by atoms with Crippen LogP contribution < -0.4 is 5.32 Å². The number of aryl methyl sites for hydroxylation is 1. The Hall–Kier alpha value is -3.39. The summed E-state index contributed by atoms with van der Waals surface area (Å²) in [7, 11) is 1.61. The molecular weight excluding hydrogens is 429 g/mol. The highest BCUT2D eigenvalue weighted by Crippen LogP contribution is 2.37.